The fourth-order valence-corrected chi connectivity index (χ4v) is 7.50. The van der Waals surface area contributed by atoms with Crippen LogP contribution >= 0.6 is 0 Å². The summed E-state index contributed by atoms with van der Waals surface area (Å²) in [4.78, 5) is 32.4. The standard InChI is InChI=1S/C37H50N6O3/c1-40(2)16-17-46-33-12-6-26(7-13-33)37(44)43(36-20-27(14-15-39-36)28-19-34(45-5)22-38-21-28)25-35-29-18-30(35)24-42(23-29)32-10-8-31(9-11-32)41(3)4/h8-11,14-15,19-22,26,29-30,33,35H,6-7,12-13,16-18,23-25H2,1-5H3. The van der Waals surface area contributed by atoms with Crippen molar-refractivity contribution in [2.75, 3.05) is 82.8 Å². The number of piperidine rings is 2. The first kappa shape index (κ1) is 32.3. The van der Waals surface area contributed by atoms with E-state index in [1.165, 1.54) is 17.8 Å². The van der Waals surface area contributed by atoms with E-state index in [9.17, 15) is 4.79 Å². The largest absolute Gasteiger partial charge is 0.495 e. The second-order valence-corrected chi connectivity index (χ2v) is 13.8. The first-order chi connectivity index (χ1) is 22.3. The molecular weight excluding hydrogens is 576 g/mol. The van der Waals surface area contributed by atoms with Gasteiger partial charge < -0.3 is 24.2 Å². The fourth-order valence-electron chi connectivity index (χ4n) is 7.50. The number of ether oxygens (including phenoxy) is 2. The van der Waals surface area contributed by atoms with E-state index in [4.69, 9.17) is 14.5 Å². The zero-order chi connectivity index (χ0) is 32.2. The SMILES string of the molecule is COc1cncc(-c2ccnc(N(CC3C4CC3CN(c3ccc(N(C)C)cc3)C4)C(=O)C3CCC(OCCN(C)C)CC3)c2)c1. The molecule has 46 heavy (non-hydrogen) atoms. The lowest BCUT2D eigenvalue weighted by atomic mass is 9.61. The topological polar surface area (TPSA) is 74.3 Å². The molecule has 4 aliphatic rings. The number of methoxy groups -OCH3 is 1. The quantitative estimate of drug-likeness (QED) is 0.263. The molecule has 2 saturated heterocycles. The molecule has 4 fully saturated rings. The molecule has 2 aliphatic carbocycles. The van der Waals surface area contributed by atoms with Gasteiger partial charge in [0.2, 0.25) is 5.91 Å². The lowest BCUT2D eigenvalue weighted by Crippen LogP contribution is -2.59. The summed E-state index contributed by atoms with van der Waals surface area (Å²) in [7, 11) is 9.94. The minimum atomic E-state index is -0.00994. The zero-order valence-corrected chi connectivity index (χ0v) is 28.1. The summed E-state index contributed by atoms with van der Waals surface area (Å²) in [6.45, 7) is 4.43. The fraction of sp³-hybridized carbons (Fsp3) is 0.541. The van der Waals surface area contributed by atoms with Crippen molar-refractivity contribution in [1.29, 1.82) is 0 Å². The zero-order valence-electron chi connectivity index (χ0n) is 28.1. The summed E-state index contributed by atoms with van der Waals surface area (Å²) in [6.07, 6.45) is 10.4. The van der Waals surface area contributed by atoms with Crippen LogP contribution in [0.15, 0.2) is 61.1 Å². The van der Waals surface area contributed by atoms with Crippen molar-refractivity contribution in [2.24, 2.45) is 23.7 Å². The highest BCUT2D eigenvalue weighted by molar-refractivity contribution is 5.95. The Labute approximate surface area is 274 Å². The maximum Gasteiger partial charge on any atom is 0.231 e. The van der Waals surface area contributed by atoms with Gasteiger partial charge in [0.25, 0.3) is 0 Å². The van der Waals surface area contributed by atoms with Crippen LogP contribution in [0.4, 0.5) is 17.2 Å². The van der Waals surface area contributed by atoms with Gasteiger partial charge in [-0.15, -0.1) is 0 Å². The van der Waals surface area contributed by atoms with E-state index >= 15 is 0 Å². The highest BCUT2D eigenvalue weighted by Gasteiger charge is 2.48. The number of carbonyl (C=O) groups excluding carboxylic acids is 1. The number of pyridine rings is 2. The molecule has 2 saturated carbocycles. The van der Waals surface area contributed by atoms with Gasteiger partial charge in [-0.3, -0.25) is 14.7 Å². The third kappa shape index (κ3) is 7.31. The number of likely N-dealkylation sites (N-methyl/N-ethyl adjacent to an activating group) is 1. The highest BCUT2D eigenvalue weighted by Crippen LogP contribution is 2.47. The van der Waals surface area contributed by atoms with Gasteiger partial charge in [0.05, 0.1) is 26.0 Å². The van der Waals surface area contributed by atoms with E-state index in [1.807, 2.05) is 29.4 Å². The number of benzene rings is 1. The predicted octanol–water partition coefficient (Wildman–Crippen LogP) is 5.46. The Bertz CT molecular complexity index is 1440. The molecule has 3 aromatic rings. The Morgan fingerprint density at radius 3 is 2.35 bits per heavy atom. The van der Waals surface area contributed by atoms with Crippen molar-refractivity contribution < 1.29 is 14.3 Å². The van der Waals surface area contributed by atoms with Crippen LogP contribution in [0.1, 0.15) is 32.1 Å². The Balaban J connectivity index is 1.18. The number of anilines is 3. The summed E-state index contributed by atoms with van der Waals surface area (Å²) in [5.41, 5.74) is 4.43. The molecule has 0 spiro atoms. The van der Waals surface area contributed by atoms with Crippen molar-refractivity contribution in [2.45, 2.75) is 38.2 Å². The number of fused-ring (bicyclic) bond motifs is 2. The predicted molar refractivity (Wildman–Crippen MR) is 185 cm³/mol. The van der Waals surface area contributed by atoms with Gasteiger partial charge >= 0.3 is 0 Å². The average molecular weight is 627 g/mol. The van der Waals surface area contributed by atoms with E-state index in [0.717, 1.165) is 68.9 Å². The Morgan fingerprint density at radius 1 is 0.935 bits per heavy atom. The minimum absolute atomic E-state index is 0.00994. The molecule has 1 aromatic carbocycles. The smallest absolute Gasteiger partial charge is 0.231 e. The Kier molecular flexibility index (Phi) is 10.1. The Morgan fingerprint density at radius 2 is 1.67 bits per heavy atom. The molecular formula is C37H50N6O3. The minimum Gasteiger partial charge on any atom is -0.495 e. The Hall–Kier alpha value is -3.69. The molecule has 2 unspecified atom stereocenters. The summed E-state index contributed by atoms with van der Waals surface area (Å²) in [6, 6.07) is 14.9. The molecule has 2 bridgehead atoms. The molecule has 9 nitrogen and oxygen atoms in total. The second kappa shape index (κ2) is 14.4. The van der Waals surface area contributed by atoms with Crippen molar-refractivity contribution in [3.63, 3.8) is 0 Å². The van der Waals surface area contributed by atoms with Crippen LogP contribution in [-0.2, 0) is 9.53 Å². The van der Waals surface area contributed by atoms with Gasteiger partial charge in [-0.2, -0.15) is 0 Å². The first-order valence-electron chi connectivity index (χ1n) is 16.8. The molecule has 2 aliphatic heterocycles. The molecule has 2 aromatic heterocycles. The van der Waals surface area contributed by atoms with Crippen LogP contribution in [0.25, 0.3) is 11.1 Å². The highest BCUT2D eigenvalue weighted by atomic mass is 16.5. The van der Waals surface area contributed by atoms with Crippen LogP contribution in [0.2, 0.25) is 0 Å². The maximum atomic E-state index is 14.4. The van der Waals surface area contributed by atoms with Crippen molar-refractivity contribution in [3.8, 4) is 16.9 Å². The summed E-state index contributed by atoms with van der Waals surface area (Å²) in [5, 5.41) is 0. The van der Waals surface area contributed by atoms with E-state index in [-0.39, 0.29) is 17.9 Å². The number of rotatable bonds is 12. The van der Waals surface area contributed by atoms with Gasteiger partial charge in [0.1, 0.15) is 11.6 Å². The molecule has 0 N–H and O–H groups in total. The number of amides is 1. The lowest BCUT2D eigenvalue weighted by molar-refractivity contribution is -0.125. The van der Waals surface area contributed by atoms with Gasteiger partial charge in [0, 0.05) is 75.5 Å². The van der Waals surface area contributed by atoms with E-state index < -0.39 is 0 Å². The lowest BCUT2D eigenvalue weighted by Gasteiger charge is -2.55. The van der Waals surface area contributed by atoms with E-state index in [2.05, 4.69) is 78.2 Å². The summed E-state index contributed by atoms with van der Waals surface area (Å²) < 4.78 is 11.6. The third-order valence-corrected chi connectivity index (χ3v) is 10.3. The average Bonchev–Trinajstić information content (AvgIpc) is 3.08. The van der Waals surface area contributed by atoms with Crippen LogP contribution < -0.4 is 19.4 Å². The van der Waals surface area contributed by atoms with Gasteiger partial charge in [0.15, 0.2) is 0 Å². The number of carbonyl (C=O) groups is 1. The monoisotopic (exact) mass is 626 g/mol. The maximum absolute atomic E-state index is 14.4. The third-order valence-electron chi connectivity index (χ3n) is 10.3. The summed E-state index contributed by atoms with van der Waals surface area (Å²) >= 11 is 0. The number of hydrogen-bond acceptors (Lipinski definition) is 8. The normalized spacial score (nSPS) is 24.0. The van der Waals surface area contributed by atoms with Crippen molar-refractivity contribution in [1.82, 2.24) is 14.9 Å². The molecule has 246 valence electrons. The van der Waals surface area contributed by atoms with E-state index in [1.54, 1.807) is 13.3 Å². The number of aromatic nitrogens is 2. The molecule has 1 amide bonds. The molecule has 2 atom stereocenters. The van der Waals surface area contributed by atoms with Gasteiger partial charge in [-0.1, -0.05) is 0 Å². The van der Waals surface area contributed by atoms with Gasteiger partial charge in [-0.05, 0) is 112 Å². The van der Waals surface area contributed by atoms with Crippen LogP contribution in [0, 0.1) is 23.7 Å². The van der Waals surface area contributed by atoms with Crippen molar-refractivity contribution in [3.05, 3.63) is 61.1 Å². The molecule has 7 rings (SSSR count). The van der Waals surface area contributed by atoms with Crippen LogP contribution in [-0.4, -0.2) is 95.0 Å². The number of hydrogen-bond donors (Lipinski definition) is 0. The van der Waals surface area contributed by atoms with Crippen LogP contribution in [0.5, 0.6) is 5.75 Å². The van der Waals surface area contributed by atoms with Gasteiger partial charge in [-0.25, -0.2) is 4.98 Å². The number of nitrogens with zero attached hydrogens (tertiary/aromatic N) is 6. The molecule has 0 radical (unpaired) electrons. The van der Waals surface area contributed by atoms with Crippen molar-refractivity contribution >= 4 is 23.1 Å². The second-order valence-electron chi connectivity index (χ2n) is 13.8. The first-order valence-corrected chi connectivity index (χ1v) is 16.8. The summed E-state index contributed by atoms with van der Waals surface area (Å²) in [5.74, 6) is 3.23. The molecule has 4 heterocycles. The van der Waals surface area contributed by atoms with Crippen LogP contribution in [0.3, 0.4) is 0 Å². The molecule has 9 heteroatoms. The van der Waals surface area contributed by atoms with E-state index in [0.29, 0.717) is 30.0 Å².